The Balaban J connectivity index is 2.08. The number of rotatable bonds is 5. The number of halogens is 2. The van der Waals surface area contributed by atoms with E-state index < -0.39 is 0 Å². The highest BCUT2D eigenvalue weighted by atomic mass is 35.5. The minimum Gasteiger partial charge on any atom is -0.309 e. The van der Waals surface area contributed by atoms with Gasteiger partial charge in [-0.25, -0.2) is 4.39 Å². The van der Waals surface area contributed by atoms with Crippen molar-refractivity contribution in [1.29, 1.82) is 0 Å². The highest BCUT2D eigenvalue weighted by molar-refractivity contribution is 6.31. The Bertz CT molecular complexity index is 592. The fourth-order valence-electron chi connectivity index (χ4n) is 1.79. The molecular weight excluding hydrogens is 281 g/mol. The van der Waals surface area contributed by atoms with Gasteiger partial charge in [0, 0.05) is 29.3 Å². The van der Waals surface area contributed by atoms with Crippen LogP contribution >= 0.6 is 11.6 Å². The van der Waals surface area contributed by atoms with Crippen LogP contribution in [0.1, 0.15) is 25.3 Å². The van der Waals surface area contributed by atoms with Crippen LogP contribution in [0.3, 0.4) is 0 Å². The van der Waals surface area contributed by atoms with Crippen molar-refractivity contribution in [2.24, 2.45) is 0 Å². The lowest BCUT2D eigenvalue weighted by Gasteiger charge is -2.06. The highest BCUT2D eigenvalue weighted by Crippen LogP contribution is 2.20. The SMILES string of the molecule is CCCC(=O)Nc1ccn(Cc2c(F)cccc2Cl)n1. The summed E-state index contributed by atoms with van der Waals surface area (Å²) in [5.41, 5.74) is 0.378. The van der Waals surface area contributed by atoms with Crippen molar-refractivity contribution in [3.8, 4) is 0 Å². The Morgan fingerprint density at radius 3 is 2.95 bits per heavy atom. The number of aromatic nitrogens is 2. The number of amides is 1. The number of nitrogens with one attached hydrogen (secondary N) is 1. The highest BCUT2D eigenvalue weighted by Gasteiger charge is 2.09. The average molecular weight is 296 g/mol. The normalized spacial score (nSPS) is 10.6. The lowest BCUT2D eigenvalue weighted by Crippen LogP contribution is -2.12. The van der Waals surface area contributed by atoms with E-state index in [1.165, 1.54) is 10.7 Å². The van der Waals surface area contributed by atoms with E-state index in [9.17, 15) is 9.18 Å². The number of benzene rings is 1. The topological polar surface area (TPSA) is 46.9 Å². The summed E-state index contributed by atoms with van der Waals surface area (Å²) < 4.78 is 15.2. The molecule has 0 bridgehead atoms. The zero-order valence-corrected chi connectivity index (χ0v) is 11.8. The van der Waals surface area contributed by atoms with E-state index in [1.807, 2.05) is 6.92 Å². The molecule has 4 nitrogen and oxygen atoms in total. The summed E-state index contributed by atoms with van der Waals surface area (Å²) >= 11 is 5.96. The summed E-state index contributed by atoms with van der Waals surface area (Å²) in [6.45, 7) is 2.15. The van der Waals surface area contributed by atoms with E-state index in [1.54, 1.807) is 24.4 Å². The van der Waals surface area contributed by atoms with Crippen LogP contribution < -0.4 is 5.32 Å². The first kappa shape index (κ1) is 14.5. The monoisotopic (exact) mass is 295 g/mol. The number of carbonyl (C=O) groups excluding carboxylic acids is 1. The number of hydrogen-bond donors (Lipinski definition) is 1. The van der Waals surface area contributed by atoms with Crippen LogP contribution in [0.4, 0.5) is 10.2 Å². The van der Waals surface area contributed by atoms with Crippen molar-refractivity contribution in [2.75, 3.05) is 5.32 Å². The van der Waals surface area contributed by atoms with Gasteiger partial charge in [0.25, 0.3) is 0 Å². The second-order valence-electron chi connectivity index (χ2n) is 4.40. The van der Waals surface area contributed by atoms with E-state index in [2.05, 4.69) is 10.4 Å². The van der Waals surface area contributed by atoms with Crippen LogP contribution in [0.5, 0.6) is 0 Å². The number of anilines is 1. The van der Waals surface area contributed by atoms with Gasteiger partial charge in [-0.3, -0.25) is 9.48 Å². The molecule has 0 aliphatic carbocycles. The van der Waals surface area contributed by atoms with Gasteiger partial charge in [-0.2, -0.15) is 5.10 Å². The van der Waals surface area contributed by atoms with Crippen molar-refractivity contribution in [3.63, 3.8) is 0 Å². The van der Waals surface area contributed by atoms with Crippen LogP contribution in [0.2, 0.25) is 5.02 Å². The van der Waals surface area contributed by atoms with Gasteiger partial charge in [-0.1, -0.05) is 24.6 Å². The lowest BCUT2D eigenvalue weighted by atomic mass is 10.2. The molecule has 0 saturated carbocycles. The molecule has 6 heteroatoms. The third kappa shape index (κ3) is 3.57. The van der Waals surface area contributed by atoms with Crippen LogP contribution in [-0.4, -0.2) is 15.7 Å². The van der Waals surface area contributed by atoms with E-state index in [0.717, 1.165) is 6.42 Å². The Morgan fingerprint density at radius 1 is 1.45 bits per heavy atom. The molecular formula is C14H15ClFN3O. The van der Waals surface area contributed by atoms with Crippen LogP contribution in [0, 0.1) is 5.82 Å². The summed E-state index contributed by atoms with van der Waals surface area (Å²) in [5, 5.41) is 7.21. The molecule has 1 aromatic carbocycles. The van der Waals surface area contributed by atoms with Gasteiger partial charge in [0.1, 0.15) is 5.82 Å². The van der Waals surface area contributed by atoms with Gasteiger partial charge < -0.3 is 5.32 Å². The first-order valence-electron chi connectivity index (χ1n) is 6.36. The Kier molecular flexibility index (Phi) is 4.74. The molecule has 0 aliphatic rings. The predicted molar refractivity (Wildman–Crippen MR) is 76.3 cm³/mol. The molecule has 0 spiro atoms. The molecule has 1 heterocycles. The summed E-state index contributed by atoms with van der Waals surface area (Å²) in [6, 6.07) is 6.21. The standard InChI is InChI=1S/C14H15ClFN3O/c1-2-4-14(20)17-13-7-8-19(18-13)9-10-11(15)5-3-6-12(10)16/h3,5-8H,2,4,9H2,1H3,(H,17,18,20). The molecule has 2 aromatic rings. The maximum absolute atomic E-state index is 13.7. The predicted octanol–water partition coefficient (Wildman–Crippen LogP) is 3.46. The summed E-state index contributed by atoms with van der Waals surface area (Å²) in [5.74, 6) is 0.00199. The van der Waals surface area contributed by atoms with Gasteiger partial charge in [0.2, 0.25) is 5.91 Å². The Morgan fingerprint density at radius 2 is 2.25 bits per heavy atom. The third-order valence-electron chi connectivity index (χ3n) is 2.77. The average Bonchev–Trinajstić information content (AvgIpc) is 2.82. The smallest absolute Gasteiger partial charge is 0.225 e. The van der Waals surface area contributed by atoms with Crippen molar-refractivity contribution < 1.29 is 9.18 Å². The van der Waals surface area contributed by atoms with E-state index in [4.69, 9.17) is 11.6 Å². The summed E-state index contributed by atoms with van der Waals surface area (Å²) in [7, 11) is 0. The van der Waals surface area contributed by atoms with Crippen LogP contribution in [0.25, 0.3) is 0 Å². The first-order valence-corrected chi connectivity index (χ1v) is 6.74. The molecule has 2 rings (SSSR count). The first-order chi connectivity index (χ1) is 9.60. The Labute approximate surface area is 121 Å². The summed E-state index contributed by atoms with van der Waals surface area (Å²) in [6.07, 6.45) is 2.90. The fraction of sp³-hybridized carbons (Fsp3) is 0.286. The van der Waals surface area contributed by atoms with Gasteiger partial charge in [0.05, 0.1) is 6.54 Å². The lowest BCUT2D eigenvalue weighted by molar-refractivity contribution is -0.116. The molecule has 1 amide bonds. The van der Waals surface area contributed by atoms with Gasteiger partial charge in [-0.15, -0.1) is 0 Å². The van der Waals surface area contributed by atoms with Crippen molar-refractivity contribution in [2.45, 2.75) is 26.3 Å². The molecule has 0 unspecified atom stereocenters. The zero-order valence-electron chi connectivity index (χ0n) is 11.1. The minimum absolute atomic E-state index is 0.0818. The van der Waals surface area contributed by atoms with Crippen molar-refractivity contribution >= 4 is 23.3 Å². The molecule has 0 aliphatic heterocycles. The molecule has 1 N–H and O–H groups in total. The molecule has 20 heavy (non-hydrogen) atoms. The molecule has 0 fully saturated rings. The minimum atomic E-state index is -0.371. The molecule has 106 valence electrons. The van der Waals surface area contributed by atoms with Gasteiger partial charge in [-0.05, 0) is 18.6 Å². The molecule has 1 aromatic heterocycles. The van der Waals surface area contributed by atoms with E-state index in [-0.39, 0.29) is 18.3 Å². The number of nitrogens with zero attached hydrogens (tertiary/aromatic N) is 2. The third-order valence-corrected chi connectivity index (χ3v) is 3.12. The van der Waals surface area contributed by atoms with E-state index >= 15 is 0 Å². The maximum atomic E-state index is 13.7. The van der Waals surface area contributed by atoms with Crippen molar-refractivity contribution in [1.82, 2.24) is 9.78 Å². The van der Waals surface area contributed by atoms with E-state index in [0.29, 0.717) is 22.8 Å². The van der Waals surface area contributed by atoms with Gasteiger partial charge >= 0.3 is 0 Å². The van der Waals surface area contributed by atoms with Crippen LogP contribution in [0.15, 0.2) is 30.5 Å². The quantitative estimate of drug-likeness (QED) is 0.918. The Hall–Kier alpha value is -1.88. The van der Waals surface area contributed by atoms with Gasteiger partial charge in [0.15, 0.2) is 5.82 Å². The number of carbonyl (C=O) groups is 1. The molecule has 0 saturated heterocycles. The largest absolute Gasteiger partial charge is 0.309 e. The maximum Gasteiger partial charge on any atom is 0.225 e. The second kappa shape index (κ2) is 6.52. The molecule has 0 atom stereocenters. The number of hydrogen-bond acceptors (Lipinski definition) is 2. The van der Waals surface area contributed by atoms with Crippen molar-refractivity contribution in [3.05, 3.63) is 46.9 Å². The molecule has 0 radical (unpaired) electrons. The van der Waals surface area contributed by atoms with Crippen LogP contribution in [-0.2, 0) is 11.3 Å². The zero-order chi connectivity index (χ0) is 14.5. The summed E-state index contributed by atoms with van der Waals surface area (Å²) in [4.78, 5) is 11.4. The fourth-order valence-corrected chi connectivity index (χ4v) is 2.02. The second-order valence-corrected chi connectivity index (χ2v) is 4.80.